The third-order valence-electron chi connectivity index (χ3n) is 4.34. The number of fused-ring (bicyclic) bond motifs is 2. The van der Waals surface area contributed by atoms with E-state index in [1.807, 2.05) is 31.2 Å². The summed E-state index contributed by atoms with van der Waals surface area (Å²) in [6, 6.07) is 9.03. The second-order valence-corrected chi connectivity index (χ2v) is 8.25. The van der Waals surface area contributed by atoms with Crippen molar-refractivity contribution in [3.05, 3.63) is 34.0 Å². The SMILES string of the molecule is Cc1ccc(Oc2ccc(C(=O)N[C@@H]3C[C@H]4CC[C@@H]3N4)s2)s1. The molecule has 116 valence electrons. The lowest BCUT2D eigenvalue weighted by atomic mass is 9.95. The van der Waals surface area contributed by atoms with Gasteiger partial charge in [-0.05, 0) is 50.5 Å². The maximum atomic E-state index is 12.4. The first-order valence-corrected chi connectivity index (χ1v) is 9.22. The molecule has 0 unspecified atom stereocenters. The molecular formula is C16H18N2O2S2. The fourth-order valence-corrected chi connectivity index (χ4v) is 4.83. The number of carbonyl (C=O) groups excluding carboxylic acids is 1. The van der Waals surface area contributed by atoms with Gasteiger partial charge in [0.25, 0.3) is 5.91 Å². The smallest absolute Gasteiger partial charge is 0.261 e. The number of hydrogen-bond donors (Lipinski definition) is 2. The molecular weight excluding hydrogens is 316 g/mol. The van der Waals surface area contributed by atoms with Crippen molar-refractivity contribution in [3.63, 3.8) is 0 Å². The second kappa shape index (κ2) is 5.68. The molecule has 2 saturated heterocycles. The van der Waals surface area contributed by atoms with Crippen LogP contribution >= 0.6 is 22.7 Å². The predicted molar refractivity (Wildman–Crippen MR) is 89.3 cm³/mol. The quantitative estimate of drug-likeness (QED) is 0.899. The summed E-state index contributed by atoms with van der Waals surface area (Å²) in [6.45, 7) is 2.05. The Morgan fingerprint density at radius 3 is 2.73 bits per heavy atom. The first kappa shape index (κ1) is 14.2. The largest absolute Gasteiger partial charge is 0.436 e. The monoisotopic (exact) mass is 334 g/mol. The lowest BCUT2D eigenvalue weighted by molar-refractivity contribution is 0.0935. The van der Waals surface area contributed by atoms with Crippen molar-refractivity contribution in [3.8, 4) is 10.1 Å². The Bertz CT molecular complexity index is 694. The van der Waals surface area contributed by atoms with Gasteiger partial charge >= 0.3 is 0 Å². The third-order valence-corrected chi connectivity index (χ3v) is 6.18. The molecule has 0 spiro atoms. The van der Waals surface area contributed by atoms with E-state index in [0.29, 0.717) is 17.0 Å². The van der Waals surface area contributed by atoms with Gasteiger partial charge in [0.15, 0.2) is 10.1 Å². The van der Waals surface area contributed by atoms with E-state index in [-0.39, 0.29) is 11.9 Å². The Morgan fingerprint density at radius 2 is 2.05 bits per heavy atom. The Hall–Kier alpha value is -1.37. The molecule has 0 radical (unpaired) electrons. The minimum absolute atomic E-state index is 0.0153. The topological polar surface area (TPSA) is 50.4 Å². The van der Waals surface area contributed by atoms with Crippen LogP contribution in [0.2, 0.25) is 0 Å². The Morgan fingerprint density at radius 1 is 1.23 bits per heavy atom. The predicted octanol–water partition coefficient (Wildman–Crippen LogP) is 3.53. The molecule has 0 saturated carbocycles. The molecule has 22 heavy (non-hydrogen) atoms. The van der Waals surface area contributed by atoms with Crippen LogP contribution in [0.3, 0.4) is 0 Å². The van der Waals surface area contributed by atoms with Crippen molar-refractivity contribution >= 4 is 28.6 Å². The van der Waals surface area contributed by atoms with Crippen LogP contribution in [0.4, 0.5) is 0 Å². The molecule has 4 rings (SSSR count). The fraction of sp³-hybridized carbons (Fsp3) is 0.438. The molecule has 2 aliphatic rings. The van der Waals surface area contributed by atoms with Crippen LogP contribution in [0.5, 0.6) is 10.1 Å². The Kier molecular flexibility index (Phi) is 3.68. The van der Waals surface area contributed by atoms with Crippen LogP contribution in [-0.4, -0.2) is 24.0 Å². The van der Waals surface area contributed by atoms with Crippen LogP contribution in [0.1, 0.15) is 33.8 Å². The van der Waals surface area contributed by atoms with Gasteiger partial charge in [-0.2, -0.15) is 0 Å². The molecule has 4 heterocycles. The van der Waals surface area contributed by atoms with Gasteiger partial charge in [-0.3, -0.25) is 4.79 Å². The van der Waals surface area contributed by atoms with Gasteiger partial charge in [0, 0.05) is 23.0 Å². The molecule has 0 aromatic carbocycles. The van der Waals surface area contributed by atoms with E-state index in [4.69, 9.17) is 4.74 Å². The molecule has 2 N–H and O–H groups in total. The number of amides is 1. The van der Waals surface area contributed by atoms with Crippen molar-refractivity contribution < 1.29 is 9.53 Å². The van der Waals surface area contributed by atoms with Crippen molar-refractivity contribution in [2.24, 2.45) is 0 Å². The Balaban J connectivity index is 1.39. The van der Waals surface area contributed by atoms with E-state index < -0.39 is 0 Å². The maximum Gasteiger partial charge on any atom is 0.261 e. The standard InChI is InChI=1S/C16H18N2O2S2/c1-9-2-6-14(21-9)20-15-7-5-13(22-15)16(19)18-12-8-10-3-4-11(12)17-10/h2,5-7,10-12,17H,3-4,8H2,1H3,(H,18,19)/t10-,11+,12-/m1/s1. The van der Waals surface area contributed by atoms with Gasteiger partial charge in [0.1, 0.15) is 0 Å². The van der Waals surface area contributed by atoms with E-state index in [2.05, 4.69) is 10.6 Å². The summed E-state index contributed by atoms with van der Waals surface area (Å²) in [5, 5.41) is 8.33. The zero-order chi connectivity index (χ0) is 15.1. The fourth-order valence-electron chi connectivity index (χ4n) is 3.29. The summed E-state index contributed by atoms with van der Waals surface area (Å²) in [5.74, 6) is 0.0153. The molecule has 6 heteroatoms. The number of thiophene rings is 2. The number of rotatable bonds is 4. The van der Waals surface area contributed by atoms with Crippen molar-refractivity contribution in [1.82, 2.24) is 10.6 Å². The molecule has 2 fully saturated rings. The van der Waals surface area contributed by atoms with Crippen molar-refractivity contribution in [2.45, 2.75) is 44.3 Å². The van der Waals surface area contributed by atoms with E-state index in [1.165, 1.54) is 29.1 Å². The summed E-state index contributed by atoms with van der Waals surface area (Å²) < 4.78 is 5.79. The van der Waals surface area contributed by atoms with Crippen LogP contribution in [0, 0.1) is 6.92 Å². The normalized spacial score (nSPS) is 26.3. The number of hydrogen-bond acceptors (Lipinski definition) is 5. The van der Waals surface area contributed by atoms with E-state index in [9.17, 15) is 4.79 Å². The highest BCUT2D eigenvalue weighted by molar-refractivity contribution is 7.16. The molecule has 2 aromatic heterocycles. The van der Waals surface area contributed by atoms with Gasteiger partial charge in [-0.1, -0.05) is 11.3 Å². The van der Waals surface area contributed by atoms with Crippen molar-refractivity contribution in [2.75, 3.05) is 0 Å². The van der Waals surface area contributed by atoms with Gasteiger partial charge in [-0.15, -0.1) is 11.3 Å². The minimum atomic E-state index is 0.0153. The van der Waals surface area contributed by atoms with Crippen LogP contribution in [0.25, 0.3) is 0 Å². The van der Waals surface area contributed by atoms with Crippen LogP contribution < -0.4 is 15.4 Å². The molecule has 3 atom stereocenters. The maximum absolute atomic E-state index is 12.4. The molecule has 2 aliphatic heterocycles. The van der Waals surface area contributed by atoms with Gasteiger partial charge < -0.3 is 15.4 Å². The third kappa shape index (κ3) is 2.78. The second-order valence-electron chi connectivity index (χ2n) is 5.95. The molecule has 1 amide bonds. The lowest BCUT2D eigenvalue weighted by Crippen LogP contribution is -2.42. The highest BCUT2D eigenvalue weighted by atomic mass is 32.1. The molecule has 0 aliphatic carbocycles. The van der Waals surface area contributed by atoms with Crippen molar-refractivity contribution in [1.29, 1.82) is 0 Å². The highest BCUT2D eigenvalue weighted by Gasteiger charge is 2.39. The number of ether oxygens (including phenoxy) is 1. The summed E-state index contributed by atoms with van der Waals surface area (Å²) in [4.78, 5) is 14.3. The van der Waals surface area contributed by atoms with Gasteiger partial charge in [-0.25, -0.2) is 0 Å². The average molecular weight is 334 g/mol. The number of nitrogens with one attached hydrogen (secondary N) is 2. The summed E-state index contributed by atoms with van der Waals surface area (Å²) in [6.07, 6.45) is 3.47. The Labute approximate surface area is 137 Å². The first-order valence-electron chi connectivity index (χ1n) is 7.58. The first-order chi connectivity index (χ1) is 10.7. The minimum Gasteiger partial charge on any atom is -0.436 e. The van der Waals surface area contributed by atoms with Gasteiger partial charge in [0.05, 0.1) is 4.88 Å². The van der Waals surface area contributed by atoms with Gasteiger partial charge in [0.2, 0.25) is 0 Å². The van der Waals surface area contributed by atoms with E-state index >= 15 is 0 Å². The molecule has 2 aromatic rings. The van der Waals surface area contributed by atoms with E-state index in [1.54, 1.807) is 11.3 Å². The summed E-state index contributed by atoms with van der Waals surface area (Å²) in [7, 11) is 0. The zero-order valence-corrected chi connectivity index (χ0v) is 13.9. The number of carbonyl (C=O) groups is 1. The highest BCUT2D eigenvalue weighted by Crippen LogP contribution is 2.34. The molecule has 2 bridgehead atoms. The average Bonchev–Trinajstić information content (AvgIpc) is 3.24. The lowest BCUT2D eigenvalue weighted by Gasteiger charge is -2.20. The molecule has 4 nitrogen and oxygen atoms in total. The van der Waals surface area contributed by atoms with E-state index in [0.717, 1.165) is 16.5 Å². The summed E-state index contributed by atoms with van der Waals surface area (Å²) >= 11 is 3.01. The van der Waals surface area contributed by atoms with Crippen LogP contribution in [0.15, 0.2) is 24.3 Å². The number of aryl methyl sites for hydroxylation is 1. The van der Waals surface area contributed by atoms with Crippen LogP contribution in [-0.2, 0) is 0 Å². The zero-order valence-electron chi connectivity index (χ0n) is 12.3. The summed E-state index contributed by atoms with van der Waals surface area (Å²) in [5.41, 5.74) is 0.